The molecule has 72 heavy (non-hydrogen) atoms. The van der Waals surface area contributed by atoms with Crippen molar-refractivity contribution in [2.45, 2.75) is 89.9 Å². The Hall–Kier alpha value is -7.16. The van der Waals surface area contributed by atoms with Gasteiger partial charge in [0.15, 0.2) is 0 Å². The summed E-state index contributed by atoms with van der Waals surface area (Å²) in [5, 5.41) is 2.64. The highest BCUT2D eigenvalue weighted by atomic mass is 15.1. The average molecular weight is 935 g/mol. The van der Waals surface area contributed by atoms with Crippen molar-refractivity contribution >= 4 is 44.9 Å². The van der Waals surface area contributed by atoms with Crippen LogP contribution in [0.25, 0.3) is 44.2 Å². The number of hydrogen-bond acceptors (Lipinski definition) is 2. The molecule has 0 atom stereocenters. The lowest BCUT2D eigenvalue weighted by molar-refractivity contribution is -0.0398. The number of anilines is 6. The third-order valence-corrected chi connectivity index (χ3v) is 17.6. The minimum atomic E-state index is -0.0925. The number of nitrogens with zero attached hydrogens (tertiary/aromatic N) is 2. The van der Waals surface area contributed by atoms with Crippen LogP contribution in [0.4, 0.5) is 34.1 Å². The molecule has 0 aliphatic heterocycles. The molecule has 1 spiro atoms. The van der Waals surface area contributed by atoms with E-state index in [1.807, 2.05) is 0 Å². The van der Waals surface area contributed by atoms with E-state index in [4.69, 9.17) is 0 Å². The summed E-state index contributed by atoms with van der Waals surface area (Å²) in [5.74, 6) is 2.84. The summed E-state index contributed by atoms with van der Waals surface area (Å²) >= 11 is 0. The summed E-state index contributed by atoms with van der Waals surface area (Å²) < 4.78 is 0. The fourth-order valence-corrected chi connectivity index (χ4v) is 14.3. The smallest absolute Gasteiger partial charge is 0.0543 e. The predicted molar refractivity (Wildman–Crippen MR) is 305 cm³/mol. The predicted octanol–water partition coefficient (Wildman–Crippen LogP) is 19.4. The van der Waals surface area contributed by atoms with E-state index in [0.29, 0.717) is 11.8 Å². The molecule has 0 heterocycles. The van der Waals surface area contributed by atoms with Gasteiger partial charge in [0.05, 0.1) is 5.69 Å². The number of fused-ring (bicyclic) bond motifs is 5. The van der Waals surface area contributed by atoms with Gasteiger partial charge in [-0.25, -0.2) is 0 Å². The molecule has 0 amide bonds. The van der Waals surface area contributed by atoms with Crippen molar-refractivity contribution in [3.8, 4) is 33.4 Å². The van der Waals surface area contributed by atoms with Crippen molar-refractivity contribution in [2.24, 2.45) is 23.7 Å². The summed E-state index contributed by atoms with van der Waals surface area (Å²) in [6.45, 7) is 13.9. The molecular weight excluding hydrogens is 869 g/mol. The molecule has 4 bridgehead atoms. The van der Waals surface area contributed by atoms with Crippen molar-refractivity contribution in [3.05, 3.63) is 229 Å². The van der Waals surface area contributed by atoms with Crippen molar-refractivity contribution in [2.75, 3.05) is 9.80 Å². The summed E-state index contributed by atoms with van der Waals surface area (Å²) in [7, 11) is 0. The minimum Gasteiger partial charge on any atom is -0.310 e. The first-order valence-electron chi connectivity index (χ1n) is 26.8. The Morgan fingerprint density at radius 3 is 1.24 bits per heavy atom. The Balaban J connectivity index is 1.02. The molecule has 5 aliphatic rings. The standard InChI is InChI=1S/C70H66N2/c1-68(2,3)52-25-33-57(34-26-52)71(56-29-21-50(22-30-56)48-15-9-7-10-16-48)60-37-38-63-64(44-60)70(54-40-46-39-47(42-54)43-55(70)41-46)65-45-66(61-19-13-14-20-62(61)67(63)65)72(59-35-27-53(28-36-59)69(4,5)6)58-31-23-51(24-32-58)49-17-11-8-12-18-49/h7-38,44-47,54-55H,39-43H2,1-6H3. The second-order valence-electron chi connectivity index (χ2n) is 23.9. The van der Waals surface area contributed by atoms with Crippen LogP contribution in [0.5, 0.6) is 0 Å². The van der Waals surface area contributed by atoms with Crippen molar-refractivity contribution in [3.63, 3.8) is 0 Å². The van der Waals surface area contributed by atoms with Crippen LogP contribution < -0.4 is 9.80 Å². The third-order valence-electron chi connectivity index (χ3n) is 17.6. The van der Waals surface area contributed by atoms with Gasteiger partial charge in [0.25, 0.3) is 0 Å². The highest BCUT2D eigenvalue weighted by Gasteiger charge is 2.62. The first-order valence-corrected chi connectivity index (χ1v) is 26.8. The van der Waals surface area contributed by atoms with Gasteiger partial charge in [-0.15, -0.1) is 0 Å². The number of rotatable bonds is 8. The minimum absolute atomic E-state index is 0.0501. The molecule has 4 saturated carbocycles. The summed E-state index contributed by atoms with van der Waals surface area (Å²) in [6.07, 6.45) is 6.68. The lowest BCUT2D eigenvalue weighted by Crippen LogP contribution is -2.55. The first-order chi connectivity index (χ1) is 34.9. The van der Waals surface area contributed by atoms with E-state index in [1.54, 1.807) is 11.1 Å². The Kier molecular flexibility index (Phi) is 10.6. The van der Waals surface area contributed by atoms with Gasteiger partial charge in [-0.05, 0) is 194 Å². The van der Waals surface area contributed by atoms with Crippen molar-refractivity contribution in [1.82, 2.24) is 0 Å². The molecule has 2 heteroatoms. The van der Waals surface area contributed by atoms with Gasteiger partial charge < -0.3 is 9.80 Å². The van der Waals surface area contributed by atoms with Crippen LogP contribution in [0.2, 0.25) is 0 Å². The first kappa shape index (κ1) is 44.8. The largest absolute Gasteiger partial charge is 0.310 e. The quantitative estimate of drug-likeness (QED) is 0.150. The molecule has 4 fully saturated rings. The van der Waals surface area contributed by atoms with Gasteiger partial charge in [-0.3, -0.25) is 0 Å². The molecule has 0 N–H and O–H groups in total. The van der Waals surface area contributed by atoms with E-state index in [0.717, 1.165) is 11.8 Å². The van der Waals surface area contributed by atoms with E-state index in [-0.39, 0.29) is 16.2 Å². The molecule has 0 saturated heterocycles. The normalized spacial score (nSPS) is 20.7. The van der Waals surface area contributed by atoms with Crippen LogP contribution >= 0.6 is 0 Å². The van der Waals surface area contributed by atoms with Crippen molar-refractivity contribution in [1.29, 1.82) is 0 Å². The molecule has 5 aliphatic carbocycles. The molecular formula is C70H66N2. The van der Waals surface area contributed by atoms with Gasteiger partial charge in [-0.1, -0.05) is 181 Å². The van der Waals surface area contributed by atoms with E-state index in [2.05, 4.69) is 258 Å². The maximum atomic E-state index is 2.70. The van der Waals surface area contributed by atoms with Crippen LogP contribution in [0.3, 0.4) is 0 Å². The zero-order chi connectivity index (χ0) is 48.9. The lowest BCUT2D eigenvalue weighted by Gasteiger charge is -2.61. The fraction of sp³-hybridized carbons (Fsp3) is 0.257. The molecule has 9 aromatic rings. The number of hydrogen-bond donors (Lipinski definition) is 0. The van der Waals surface area contributed by atoms with E-state index < -0.39 is 0 Å². The van der Waals surface area contributed by atoms with Crippen LogP contribution in [0, 0.1) is 23.7 Å². The molecule has 14 rings (SSSR count). The Labute approximate surface area is 428 Å². The van der Waals surface area contributed by atoms with Gasteiger partial charge in [0.2, 0.25) is 0 Å². The maximum absolute atomic E-state index is 2.70. The van der Waals surface area contributed by atoms with Gasteiger partial charge >= 0.3 is 0 Å². The number of benzene rings is 9. The second-order valence-corrected chi connectivity index (χ2v) is 23.9. The lowest BCUT2D eigenvalue weighted by atomic mass is 9.43. The zero-order valence-electron chi connectivity index (χ0n) is 42.9. The third kappa shape index (κ3) is 7.35. The second kappa shape index (κ2) is 17.0. The average Bonchev–Trinajstić information content (AvgIpc) is 3.70. The molecule has 0 aromatic heterocycles. The van der Waals surface area contributed by atoms with Crippen LogP contribution in [-0.2, 0) is 16.2 Å². The SMILES string of the molecule is CC(C)(C)c1ccc(N(c2ccc(-c3ccccc3)cc2)c2ccc3c(c2)C2(c4cc(N(c5ccc(-c6ccccc6)cc5)c5ccc(C(C)(C)C)cc5)c5ccccc5c4-3)C3CC4CC(C3)CC2C4)cc1. The summed E-state index contributed by atoms with van der Waals surface area (Å²) in [6, 6.07) is 78.6. The highest BCUT2D eigenvalue weighted by molar-refractivity contribution is 6.10. The Morgan fingerprint density at radius 2 is 0.764 bits per heavy atom. The van der Waals surface area contributed by atoms with Gasteiger partial charge in [-0.2, -0.15) is 0 Å². The molecule has 0 radical (unpaired) electrons. The monoisotopic (exact) mass is 935 g/mol. The topological polar surface area (TPSA) is 6.48 Å². The summed E-state index contributed by atoms with van der Waals surface area (Å²) in [4.78, 5) is 5.10. The fourth-order valence-electron chi connectivity index (χ4n) is 14.3. The molecule has 9 aromatic carbocycles. The van der Waals surface area contributed by atoms with E-state index in [1.165, 1.54) is 122 Å². The van der Waals surface area contributed by atoms with Crippen LogP contribution in [0.1, 0.15) is 95.9 Å². The molecule has 356 valence electrons. The van der Waals surface area contributed by atoms with E-state index in [9.17, 15) is 0 Å². The molecule has 0 unspecified atom stereocenters. The Bertz CT molecular complexity index is 3420. The maximum Gasteiger partial charge on any atom is 0.0543 e. The Morgan fingerprint density at radius 1 is 0.361 bits per heavy atom. The van der Waals surface area contributed by atoms with Crippen LogP contribution in [0.15, 0.2) is 206 Å². The van der Waals surface area contributed by atoms with Crippen molar-refractivity contribution < 1.29 is 0 Å². The summed E-state index contributed by atoms with van der Waals surface area (Å²) in [5.41, 5.74) is 20.8. The molecule has 2 nitrogen and oxygen atoms in total. The highest BCUT2D eigenvalue weighted by Crippen LogP contribution is 2.71. The zero-order valence-corrected chi connectivity index (χ0v) is 42.9. The van der Waals surface area contributed by atoms with Crippen LogP contribution in [-0.4, -0.2) is 0 Å². The van der Waals surface area contributed by atoms with E-state index >= 15 is 0 Å². The van der Waals surface area contributed by atoms with Gasteiger partial charge in [0, 0.05) is 39.2 Å². The van der Waals surface area contributed by atoms with Gasteiger partial charge in [0.1, 0.15) is 0 Å².